The van der Waals surface area contributed by atoms with E-state index in [2.05, 4.69) is 59.6 Å². The molecule has 0 N–H and O–H groups in total. The lowest BCUT2D eigenvalue weighted by Crippen LogP contribution is -2.63. The summed E-state index contributed by atoms with van der Waals surface area (Å²) in [4.78, 5) is 11.7. The molecule has 0 aromatic rings. The lowest BCUT2D eigenvalue weighted by Gasteiger charge is -2.65. The Morgan fingerprint density at radius 2 is 1.76 bits per heavy atom. The number of carbonyl (C=O) groups is 1. The quantitative estimate of drug-likeness (QED) is 0.219. The standard InChI is InChI=1S/C29H48Br2O2/c1-19(18-33-21(3)32)9-8-10-20(2)23-11-12-24-22-17-26(30)29(31)15-7-6-14-28(29,5)25(22)13-16-27(23,24)4/h19-20,22-26H,6-18H2,1-5H3/t19?,20-,22+,23-,24+,25+,26?,27-,28-,29?/m1/s1. The average molecular weight is 589 g/mol. The molecule has 0 saturated heterocycles. The SMILES string of the molecule is CC(=O)OCC(C)CCC[C@@H](C)[C@H]1CC[C@H]2[C@@H]3CC(Br)C4(Br)CCCC[C@]4(C)[C@H]3CC[C@]12C. The van der Waals surface area contributed by atoms with Crippen LogP contribution in [0.15, 0.2) is 0 Å². The molecule has 0 aliphatic heterocycles. The fraction of sp³-hybridized carbons (Fsp3) is 0.966. The number of rotatable bonds is 7. The normalized spacial score (nSPS) is 46.6. The highest BCUT2D eigenvalue weighted by Gasteiger charge is 2.65. The second-order valence-electron chi connectivity index (χ2n) is 13.1. The van der Waals surface area contributed by atoms with Gasteiger partial charge in [0.1, 0.15) is 0 Å². The Morgan fingerprint density at radius 1 is 1.03 bits per heavy atom. The lowest BCUT2D eigenvalue weighted by atomic mass is 9.44. The molecule has 2 nitrogen and oxygen atoms in total. The number of hydrogen-bond acceptors (Lipinski definition) is 2. The third-order valence-corrected chi connectivity index (χ3v) is 15.0. The second kappa shape index (κ2) is 10.1. The van der Waals surface area contributed by atoms with Gasteiger partial charge in [0.15, 0.2) is 0 Å². The summed E-state index contributed by atoms with van der Waals surface area (Å²) in [5.74, 6) is 4.74. The van der Waals surface area contributed by atoms with E-state index in [9.17, 15) is 4.79 Å². The highest BCUT2D eigenvalue weighted by molar-refractivity contribution is 9.12. The molecule has 0 aromatic heterocycles. The van der Waals surface area contributed by atoms with Crippen LogP contribution in [0.3, 0.4) is 0 Å². The summed E-state index contributed by atoms with van der Waals surface area (Å²) in [5, 5.41) is 0. The molecule has 190 valence electrons. The fourth-order valence-corrected chi connectivity index (χ4v) is 11.7. The van der Waals surface area contributed by atoms with Crippen molar-refractivity contribution in [3.8, 4) is 0 Å². The molecule has 3 unspecified atom stereocenters. The first kappa shape index (κ1) is 26.5. The van der Waals surface area contributed by atoms with E-state index < -0.39 is 0 Å². The van der Waals surface area contributed by atoms with Crippen LogP contribution in [-0.4, -0.2) is 21.7 Å². The molecule has 4 aliphatic carbocycles. The van der Waals surface area contributed by atoms with Gasteiger partial charge in [-0.1, -0.05) is 85.2 Å². The summed E-state index contributed by atoms with van der Waals surface area (Å²) in [6.07, 6.45) is 16.5. The monoisotopic (exact) mass is 586 g/mol. The van der Waals surface area contributed by atoms with E-state index in [1.165, 1.54) is 84.0 Å². The summed E-state index contributed by atoms with van der Waals surface area (Å²) < 4.78 is 5.52. The van der Waals surface area contributed by atoms with Crippen molar-refractivity contribution in [2.24, 2.45) is 46.3 Å². The van der Waals surface area contributed by atoms with Crippen molar-refractivity contribution in [2.45, 2.75) is 121 Å². The molecule has 4 fully saturated rings. The second-order valence-corrected chi connectivity index (χ2v) is 15.6. The smallest absolute Gasteiger partial charge is 0.302 e. The molecule has 4 aliphatic rings. The van der Waals surface area contributed by atoms with Crippen LogP contribution in [-0.2, 0) is 9.53 Å². The molecule has 10 atom stereocenters. The van der Waals surface area contributed by atoms with E-state index in [1.54, 1.807) is 0 Å². The van der Waals surface area contributed by atoms with Gasteiger partial charge in [0, 0.05) is 16.1 Å². The zero-order valence-electron chi connectivity index (χ0n) is 21.8. The number of ether oxygens (including phenoxy) is 1. The molecule has 4 rings (SSSR count). The van der Waals surface area contributed by atoms with Gasteiger partial charge in [-0.15, -0.1) is 0 Å². The van der Waals surface area contributed by atoms with E-state index in [0.29, 0.717) is 32.5 Å². The van der Waals surface area contributed by atoms with Crippen LogP contribution in [0, 0.1) is 46.3 Å². The highest BCUT2D eigenvalue weighted by Crippen LogP contribution is 2.71. The van der Waals surface area contributed by atoms with Gasteiger partial charge in [-0.3, -0.25) is 4.79 Å². The lowest BCUT2D eigenvalue weighted by molar-refractivity contribution is -0.142. The Hall–Kier alpha value is 0.430. The van der Waals surface area contributed by atoms with Crippen LogP contribution in [0.1, 0.15) is 112 Å². The molecule has 0 heterocycles. The maximum Gasteiger partial charge on any atom is 0.302 e. The van der Waals surface area contributed by atoms with Crippen molar-refractivity contribution in [3.05, 3.63) is 0 Å². The number of hydrogen-bond donors (Lipinski definition) is 0. The van der Waals surface area contributed by atoms with Gasteiger partial charge in [-0.05, 0) is 97.7 Å². The van der Waals surface area contributed by atoms with Gasteiger partial charge >= 0.3 is 5.97 Å². The van der Waals surface area contributed by atoms with E-state index in [1.807, 2.05) is 0 Å². The Kier molecular flexibility index (Phi) is 8.08. The van der Waals surface area contributed by atoms with Crippen molar-refractivity contribution in [3.63, 3.8) is 0 Å². The minimum atomic E-state index is -0.150. The molecule has 33 heavy (non-hydrogen) atoms. The van der Waals surface area contributed by atoms with Crippen LogP contribution in [0.25, 0.3) is 0 Å². The topological polar surface area (TPSA) is 26.3 Å². The zero-order valence-corrected chi connectivity index (χ0v) is 25.0. The average Bonchev–Trinajstić information content (AvgIpc) is 3.11. The summed E-state index contributed by atoms with van der Waals surface area (Å²) >= 11 is 8.60. The predicted molar refractivity (Wildman–Crippen MR) is 145 cm³/mol. The summed E-state index contributed by atoms with van der Waals surface area (Å²) in [7, 11) is 0. The van der Waals surface area contributed by atoms with Gasteiger partial charge in [-0.25, -0.2) is 0 Å². The van der Waals surface area contributed by atoms with Crippen molar-refractivity contribution in [1.29, 1.82) is 0 Å². The molecule has 0 amide bonds. The van der Waals surface area contributed by atoms with Crippen molar-refractivity contribution in [2.75, 3.05) is 6.61 Å². The molecule has 4 saturated carbocycles. The fourth-order valence-electron chi connectivity index (χ4n) is 9.52. The Labute approximate surface area is 220 Å². The zero-order chi connectivity index (χ0) is 24.0. The van der Waals surface area contributed by atoms with Crippen LogP contribution < -0.4 is 0 Å². The van der Waals surface area contributed by atoms with Crippen molar-refractivity contribution < 1.29 is 9.53 Å². The van der Waals surface area contributed by atoms with Crippen molar-refractivity contribution >= 4 is 37.8 Å². The number of esters is 1. The molecular formula is C29H48Br2O2. The summed E-state index contributed by atoms with van der Waals surface area (Å²) in [5.41, 5.74) is 0.986. The Balaban J connectivity index is 1.40. The summed E-state index contributed by atoms with van der Waals surface area (Å²) in [6.45, 7) is 12.2. The van der Waals surface area contributed by atoms with Crippen molar-refractivity contribution in [1.82, 2.24) is 0 Å². The minimum absolute atomic E-state index is 0.150. The minimum Gasteiger partial charge on any atom is -0.466 e. The number of carbonyl (C=O) groups excluding carboxylic acids is 1. The first-order valence-electron chi connectivity index (χ1n) is 14.0. The maximum atomic E-state index is 11.1. The first-order chi connectivity index (χ1) is 15.5. The number of fused-ring (bicyclic) bond motifs is 5. The van der Waals surface area contributed by atoms with Crippen LogP contribution in [0.2, 0.25) is 0 Å². The van der Waals surface area contributed by atoms with E-state index in [0.717, 1.165) is 29.6 Å². The first-order valence-corrected chi connectivity index (χ1v) is 15.7. The summed E-state index contributed by atoms with van der Waals surface area (Å²) in [6, 6.07) is 0. The van der Waals surface area contributed by atoms with Crippen LogP contribution in [0.5, 0.6) is 0 Å². The largest absolute Gasteiger partial charge is 0.466 e. The van der Waals surface area contributed by atoms with Gasteiger partial charge in [0.05, 0.1) is 6.61 Å². The number of alkyl halides is 2. The van der Waals surface area contributed by atoms with E-state index in [-0.39, 0.29) is 5.97 Å². The Morgan fingerprint density at radius 3 is 2.48 bits per heavy atom. The van der Waals surface area contributed by atoms with Gasteiger partial charge in [0.25, 0.3) is 0 Å². The van der Waals surface area contributed by atoms with Gasteiger partial charge in [0.2, 0.25) is 0 Å². The molecule has 0 bridgehead atoms. The van der Waals surface area contributed by atoms with E-state index in [4.69, 9.17) is 4.74 Å². The predicted octanol–water partition coefficient (Wildman–Crippen LogP) is 8.93. The molecule has 4 heteroatoms. The number of halogens is 2. The van der Waals surface area contributed by atoms with Gasteiger partial charge in [-0.2, -0.15) is 0 Å². The van der Waals surface area contributed by atoms with Crippen LogP contribution in [0.4, 0.5) is 0 Å². The van der Waals surface area contributed by atoms with E-state index >= 15 is 0 Å². The molecule has 0 aromatic carbocycles. The van der Waals surface area contributed by atoms with Crippen LogP contribution >= 0.6 is 31.9 Å². The third kappa shape index (κ3) is 4.64. The Bertz CT molecular complexity index is 712. The molecule has 0 radical (unpaired) electrons. The van der Waals surface area contributed by atoms with Gasteiger partial charge < -0.3 is 4.74 Å². The molecule has 0 spiro atoms. The third-order valence-electron chi connectivity index (χ3n) is 11.4. The molecular weight excluding hydrogens is 540 g/mol. The highest BCUT2D eigenvalue weighted by atomic mass is 79.9. The maximum absolute atomic E-state index is 11.1.